The lowest BCUT2D eigenvalue weighted by Gasteiger charge is -2.28. The first kappa shape index (κ1) is 15.6. The van der Waals surface area contributed by atoms with Gasteiger partial charge in [-0.2, -0.15) is 0 Å². The molecule has 0 aliphatic carbocycles. The van der Waals surface area contributed by atoms with E-state index in [9.17, 15) is 4.79 Å². The number of hydrogen-bond donors (Lipinski definition) is 0. The van der Waals surface area contributed by atoms with Gasteiger partial charge < -0.3 is 13.3 Å². The molecule has 4 nitrogen and oxygen atoms in total. The van der Waals surface area contributed by atoms with Crippen LogP contribution in [0.4, 0.5) is 0 Å². The van der Waals surface area contributed by atoms with Crippen LogP contribution in [0.25, 0.3) is 0 Å². The van der Waals surface area contributed by atoms with Crippen molar-refractivity contribution in [1.29, 1.82) is 0 Å². The Labute approximate surface area is 99.6 Å². The van der Waals surface area contributed by atoms with Crippen molar-refractivity contribution in [2.45, 2.75) is 52.0 Å². The van der Waals surface area contributed by atoms with Gasteiger partial charge in [0.15, 0.2) is 0 Å². The molecule has 0 saturated heterocycles. The fourth-order valence-corrected chi connectivity index (χ4v) is 3.42. The zero-order chi connectivity index (χ0) is 12.6. The fraction of sp³-hybridized carbons (Fsp3) is 0.909. The third kappa shape index (κ3) is 4.63. The van der Waals surface area contributed by atoms with Gasteiger partial charge in [-0.25, -0.2) is 0 Å². The van der Waals surface area contributed by atoms with Crippen molar-refractivity contribution >= 4 is 14.8 Å². The molecule has 0 aromatic rings. The zero-order valence-corrected chi connectivity index (χ0v) is 12.0. The first-order valence-electron chi connectivity index (χ1n) is 5.84. The maximum absolute atomic E-state index is 11.6. The summed E-state index contributed by atoms with van der Waals surface area (Å²) in [6.45, 7) is 5.99. The maximum atomic E-state index is 11.6. The lowest BCUT2D eigenvalue weighted by molar-refractivity contribution is -0.139. The molecular formula is C11H24O4Si. The van der Waals surface area contributed by atoms with Crippen LogP contribution in [-0.2, 0) is 18.1 Å². The molecule has 0 heterocycles. The predicted octanol–water partition coefficient (Wildman–Crippen LogP) is 2.75. The Morgan fingerprint density at radius 2 is 1.75 bits per heavy atom. The topological polar surface area (TPSA) is 44.8 Å². The second kappa shape index (κ2) is 7.81. The van der Waals surface area contributed by atoms with Crippen LogP contribution < -0.4 is 0 Å². The van der Waals surface area contributed by atoms with E-state index in [-0.39, 0.29) is 11.5 Å². The van der Waals surface area contributed by atoms with Crippen LogP contribution in [0.15, 0.2) is 0 Å². The summed E-state index contributed by atoms with van der Waals surface area (Å²) in [5.74, 6) is -0.211. The number of carbonyl (C=O) groups is 1. The van der Waals surface area contributed by atoms with Crippen molar-refractivity contribution in [3.63, 3.8) is 0 Å². The number of hydrogen-bond acceptors (Lipinski definition) is 4. The lowest BCUT2D eigenvalue weighted by atomic mass is 10.2. The van der Waals surface area contributed by atoms with Crippen molar-refractivity contribution in [1.82, 2.24) is 0 Å². The predicted molar refractivity (Wildman–Crippen MR) is 65.1 cm³/mol. The average Bonchev–Trinajstić information content (AvgIpc) is 2.26. The van der Waals surface area contributed by atoms with Crippen molar-refractivity contribution < 1.29 is 18.1 Å². The van der Waals surface area contributed by atoms with Crippen LogP contribution in [0.5, 0.6) is 0 Å². The lowest BCUT2D eigenvalue weighted by Crippen LogP contribution is -2.48. The molecule has 0 spiro atoms. The molecule has 0 N–H and O–H groups in total. The molecule has 0 fully saturated rings. The quantitative estimate of drug-likeness (QED) is 0.489. The SMILES string of the molecule is CCCCCC(=O)O[Si](OC)(OC)C(C)C. The Hall–Kier alpha value is -0.393. The number of carbonyl (C=O) groups excluding carboxylic acids is 1. The van der Waals surface area contributed by atoms with E-state index >= 15 is 0 Å². The van der Waals surface area contributed by atoms with E-state index in [0.29, 0.717) is 6.42 Å². The van der Waals surface area contributed by atoms with Gasteiger partial charge in [0.05, 0.1) is 0 Å². The third-order valence-corrected chi connectivity index (χ3v) is 5.58. The largest absolute Gasteiger partial charge is 0.570 e. The zero-order valence-electron chi connectivity index (χ0n) is 11.0. The standard InChI is InChI=1S/C11H24O4Si/c1-6-7-8-9-11(12)15-16(13-4,14-5)10(2)3/h10H,6-9H2,1-5H3. The van der Waals surface area contributed by atoms with E-state index < -0.39 is 8.80 Å². The van der Waals surface area contributed by atoms with E-state index in [1.165, 1.54) is 14.2 Å². The Bertz CT molecular complexity index is 202. The monoisotopic (exact) mass is 248 g/mol. The minimum atomic E-state index is -2.79. The summed E-state index contributed by atoms with van der Waals surface area (Å²) < 4.78 is 16.0. The van der Waals surface area contributed by atoms with Gasteiger partial charge in [-0.05, 0) is 6.42 Å². The summed E-state index contributed by atoms with van der Waals surface area (Å²) >= 11 is 0. The molecular weight excluding hydrogens is 224 g/mol. The first-order chi connectivity index (χ1) is 7.52. The molecule has 0 unspecified atom stereocenters. The van der Waals surface area contributed by atoms with Gasteiger partial charge in [0.1, 0.15) is 0 Å². The van der Waals surface area contributed by atoms with Gasteiger partial charge in [0, 0.05) is 26.2 Å². The van der Waals surface area contributed by atoms with Crippen molar-refractivity contribution in [2.24, 2.45) is 0 Å². The molecule has 0 aliphatic rings. The molecule has 0 aromatic heterocycles. The first-order valence-corrected chi connectivity index (χ1v) is 7.64. The molecule has 5 heteroatoms. The van der Waals surface area contributed by atoms with Gasteiger partial charge in [-0.3, -0.25) is 4.79 Å². The smallest absolute Gasteiger partial charge is 0.473 e. The summed E-state index contributed by atoms with van der Waals surface area (Å²) in [5, 5.41) is 0. The van der Waals surface area contributed by atoms with Crippen LogP contribution in [0.1, 0.15) is 46.5 Å². The molecule has 0 atom stereocenters. The second-order valence-corrected chi connectivity index (χ2v) is 7.48. The highest BCUT2D eigenvalue weighted by Gasteiger charge is 2.46. The van der Waals surface area contributed by atoms with Crippen LogP contribution >= 0.6 is 0 Å². The summed E-state index contributed by atoms with van der Waals surface area (Å²) in [5.41, 5.74) is 0.0811. The Balaban J connectivity index is 4.24. The summed E-state index contributed by atoms with van der Waals surface area (Å²) in [7, 11) is 0.280. The minimum Gasteiger partial charge on any atom is -0.473 e. The minimum absolute atomic E-state index is 0.0811. The molecule has 0 saturated carbocycles. The highest BCUT2D eigenvalue weighted by Crippen LogP contribution is 2.24. The molecule has 16 heavy (non-hydrogen) atoms. The van der Waals surface area contributed by atoms with E-state index in [0.717, 1.165) is 19.3 Å². The van der Waals surface area contributed by atoms with Crippen LogP contribution in [-0.4, -0.2) is 29.0 Å². The molecule has 0 bridgehead atoms. The Morgan fingerprint density at radius 1 is 1.19 bits per heavy atom. The van der Waals surface area contributed by atoms with Crippen LogP contribution in [0.3, 0.4) is 0 Å². The molecule has 96 valence electrons. The van der Waals surface area contributed by atoms with E-state index in [2.05, 4.69) is 6.92 Å². The molecule has 0 aliphatic heterocycles. The summed E-state index contributed by atoms with van der Waals surface area (Å²) in [4.78, 5) is 11.6. The van der Waals surface area contributed by atoms with Crippen molar-refractivity contribution in [3.05, 3.63) is 0 Å². The highest BCUT2D eigenvalue weighted by atomic mass is 28.4. The Kier molecular flexibility index (Phi) is 7.62. The van der Waals surface area contributed by atoms with Crippen molar-refractivity contribution in [3.8, 4) is 0 Å². The maximum Gasteiger partial charge on any atom is 0.570 e. The third-order valence-electron chi connectivity index (χ3n) is 2.52. The van der Waals surface area contributed by atoms with E-state index in [4.69, 9.17) is 13.3 Å². The van der Waals surface area contributed by atoms with E-state index in [1.807, 2.05) is 13.8 Å². The van der Waals surface area contributed by atoms with Crippen LogP contribution in [0, 0.1) is 0 Å². The number of unbranched alkanes of at least 4 members (excludes halogenated alkanes) is 2. The summed E-state index contributed by atoms with van der Waals surface area (Å²) in [6.07, 6.45) is 3.45. The molecule has 0 radical (unpaired) electrons. The van der Waals surface area contributed by atoms with Crippen molar-refractivity contribution in [2.75, 3.05) is 14.2 Å². The van der Waals surface area contributed by atoms with Gasteiger partial charge >= 0.3 is 8.80 Å². The molecule has 0 aromatic carbocycles. The molecule has 0 rings (SSSR count). The van der Waals surface area contributed by atoms with Gasteiger partial charge in [0.25, 0.3) is 5.97 Å². The summed E-state index contributed by atoms with van der Waals surface area (Å²) in [6, 6.07) is 0. The molecule has 0 amide bonds. The second-order valence-electron chi connectivity index (χ2n) is 4.10. The number of rotatable bonds is 8. The van der Waals surface area contributed by atoms with Crippen LogP contribution in [0.2, 0.25) is 5.54 Å². The Morgan fingerprint density at radius 3 is 2.12 bits per heavy atom. The fourth-order valence-electron chi connectivity index (χ4n) is 1.48. The normalized spacial score (nSPS) is 11.9. The highest BCUT2D eigenvalue weighted by molar-refractivity contribution is 6.63. The van der Waals surface area contributed by atoms with Gasteiger partial charge in [-0.15, -0.1) is 0 Å². The van der Waals surface area contributed by atoms with E-state index in [1.54, 1.807) is 0 Å². The van der Waals surface area contributed by atoms with Gasteiger partial charge in [-0.1, -0.05) is 33.6 Å². The van der Waals surface area contributed by atoms with Gasteiger partial charge in [0.2, 0.25) is 0 Å². The average molecular weight is 248 g/mol.